The predicted molar refractivity (Wildman–Crippen MR) is 53.2 cm³/mol. The lowest BCUT2D eigenvalue weighted by molar-refractivity contribution is -0.139. The number of nitrogens with one attached hydrogen (secondary N) is 1. The molecular formula is C11H12FNO2. The van der Waals surface area contributed by atoms with E-state index in [4.69, 9.17) is 5.11 Å². The Balaban J connectivity index is 2.30. The van der Waals surface area contributed by atoms with Crippen LogP contribution in [0.25, 0.3) is 0 Å². The largest absolute Gasteiger partial charge is 0.480 e. The number of hydrogen-bond acceptors (Lipinski definition) is 2. The Hall–Kier alpha value is -1.42. The number of hydrogen-bond donors (Lipinski definition) is 2. The highest BCUT2D eigenvalue weighted by molar-refractivity contribution is 5.75. The van der Waals surface area contributed by atoms with Crippen LogP contribution in [0.15, 0.2) is 24.3 Å². The Morgan fingerprint density at radius 1 is 1.47 bits per heavy atom. The molecule has 1 aliphatic rings. The van der Waals surface area contributed by atoms with Crippen molar-refractivity contribution < 1.29 is 14.3 Å². The van der Waals surface area contributed by atoms with Crippen molar-refractivity contribution >= 4 is 5.97 Å². The number of carbonyl (C=O) groups is 1. The van der Waals surface area contributed by atoms with Crippen LogP contribution in [-0.2, 0) is 4.79 Å². The van der Waals surface area contributed by atoms with Crippen LogP contribution >= 0.6 is 0 Å². The van der Waals surface area contributed by atoms with Gasteiger partial charge in [0, 0.05) is 5.92 Å². The molecule has 0 spiro atoms. The molecule has 0 saturated carbocycles. The SMILES string of the molecule is O=C(O)[C@@H]1NCC[C@H]1c1ccccc1F. The molecule has 15 heavy (non-hydrogen) atoms. The van der Waals surface area contributed by atoms with Gasteiger partial charge in [-0.15, -0.1) is 0 Å². The molecule has 1 aromatic rings. The van der Waals surface area contributed by atoms with Gasteiger partial charge in [0.25, 0.3) is 0 Å². The van der Waals surface area contributed by atoms with E-state index in [1.165, 1.54) is 6.07 Å². The van der Waals surface area contributed by atoms with E-state index in [1.807, 2.05) is 0 Å². The number of aliphatic carboxylic acids is 1. The van der Waals surface area contributed by atoms with Crippen molar-refractivity contribution in [2.75, 3.05) is 6.54 Å². The molecule has 0 bridgehead atoms. The highest BCUT2D eigenvalue weighted by Gasteiger charge is 2.34. The molecule has 0 aromatic heterocycles. The molecule has 2 N–H and O–H groups in total. The van der Waals surface area contributed by atoms with Crippen LogP contribution in [0.5, 0.6) is 0 Å². The van der Waals surface area contributed by atoms with E-state index in [2.05, 4.69) is 5.32 Å². The smallest absolute Gasteiger partial charge is 0.321 e. The van der Waals surface area contributed by atoms with Gasteiger partial charge in [0.05, 0.1) is 0 Å². The molecule has 0 amide bonds. The third-order valence-electron chi connectivity index (χ3n) is 2.79. The standard InChI is InChI=1S/C11H12FNO2/c12-9-4-2-1-3-7(9)8-5-6-13-10(8)11(14)15/h1-4,8,10,13H,5-6H2,(H,14,15)/t8-,10+/m0/s1. The zero-order valence-corrected chi connectivity index (χ0v) is 8.11. The van der Waals surface area contributed by atoms with Gasteiger partial charge in [-0.3, -0.25) is 4.79 Å². The van der Waals surface area contributed by atoms with Crippen molar-refractivity contribution in [1.29, 1.82) is 0 Å². The lowest BCUT2D eigenvalue weighted by Crippen LogP contribution is -2.34. The summed E-state index contributed by atoms with van der Waals surface area (Å²) in [4.78, 5) is 10.9. The highest BCUT2D eigenvalue weighted by Crippen LogP contribution is 2.29. The minimum absolute atomic E-state index is 0.260. The van der Waals surface area contributed by atoms with Gasteiger partial charge in [-0.25, -0.2) is 4.39 Å². The third kappa shape index (κ3) is 1.85. The van der Waals surface area contributed by atoms with Crippen molar-refractivity contribution in [2.45, 2.75) is 18.4 Å². The van der Waals surface area contributed by atoms with Crippen LogP contribution in [-0.4, -0.2) is 23.7 Å². The van der Waals surface area contributed by atoms with E-state index in [0.717, 1.165) is 0 Å². The first kappa shape index (κ1) is 10.1. The average molecular weight is 209 g/mol. The van der Waals surface area contributed by atoms with Crippen LogP contribution in [0.1, 0.15) is 17.9 Å². The first-order valence-electron chi connectivity index (χ1n) is 4.91. The van der Waals surface area contributed by atoms with Gasteiger partial charge in [-0.1, -0.05) is 18.2 Å². The molecule has 2 atom stereocenters. The van der Waals surface area contributed by atoms with E-state index in [1.54, 1.807) is 18.2 Å². The Kier molecular flexibility index (Phi) is 2.68. The van der Waals surface area contributed by atoms with Gasteiger partial charge in [0.2, 0.25) is 0 Å². The third-order valence-corrected chi connectivity index (χ3v) is 2.79. The number of benzene rings is 1. The maximum Gasteiger partial charge on any atom is 0.321 e. The minimum atomic E-state index is -0.916. The van der Waals surface area contributed by atoms with E-state index >= 15 is 0 Å². The Bertz CT molecular complexity index is 381. The normalized spacial score (nSPS) is 25.4. The van der Waals surface area contributed by atoms with Crippen molar-refractivity contribution in [2.24, 2.45) is 0 Å². The number of carboxylic acids is 1. The summed E-state index contributed by atoms with van der Waals surface area (Å²) in [6, 6.07) is 5.70. The summed E-state index contributed by atoms with van der Waals surface area (Å²) in [5.74, 6) is -1.50. The second-order valence-corrected chi connectivity index (χ2v) is 3.69. The molecule has 1 saturated heterocycles. The summed E-state index contributed by atoms with van der Waals surface area (Å²) in [5, 5.41) is 11.8. The van der Waals surface area contributed by atoms with Gasteiger partial charge in [0.1, 0.15) is 11.9 Å². The molecule has 2 rings (SSSR count). The Morgan fingerprint density at radius 3 is 2.87 bits per heavy atom. The van der Waals surface area contributed by atoms with E-state index in [0.29, 0.717) is 18.5 Å². The first-order chi connectivity index (χ1) is 7.20. The Labute approximate surface area is 86.9 Å². The second-order valence-electron chi connectivity index (χ2n) is 3.69. The molecule has 1 heterocycles. The van der Waals surface area contributed by atoms with Crippen molar-refractivity contribution in [1.82, 2.24) is 5.32 Å². The molecule has 1 fully saturated rings. The zero-order valence-electron chi connectivity index (χ0n) is 8.11. The van der Waals surface area contributed by atoms with E-state index in [9.17, 15) is 9.18 Å². The molecule has 0 unspecified atom stereocenters. The molecule has 0 radical (unpaired) electrons. The molecule has 1 aromatic carbocycles. The molecule has 80 valence electrons. The van der Waals surface area contributed by atoms with Crippen LogP contribution in [0, 0.1) is 5.82 Å². The van der Waals surface area contributed by atoms with Crippen molar-refractivity contribution in [3.05, 3.63) is 35.6 Å². The van der Waals surface area contributed by atoms with Gasteiger partial charge in [0.15, 0.2) is 0 Å². The number of rotatable bonds is 2. The number of carboxylic acid groups (broad SMARTS) is 1. The van der Waals surface area contributed by atoms with Crippen molar-refractivity contribution in [3.63, 3.8) is 0 Å². The zero-order chi connectivity index (χ0) is 10.8. The van der Waals surface area contributed by atoms with Gasteiger partial charge in [-0.2, -0.15) is 0 Å². The minimum Gasteiger partial charge on any atom is -0.480 e. The van der Waals surface area contributed by atoms with Gasteiger partial charge >= 0.3 is 5.97 Å². The maximum absolute atomic E-state index is 13.5. The summed E-state index contributed by atoms with van der Waals surface area (Å²) in [5.41, 5.74) is 0.495. The maximum atomic E-state index is 13.5. The summed E-state index contributed by atoms with van der Waals surface area (Å²) in [6.45, 7) is 0.621. The fourth-order valence-corrected chi connectivity index (χ4v) is 2.07. The predicted octanol–water partition coefficient (Wildman–Crippen LogP) is 1.36. The molecule has 4 heteroatoms. The monoisotopic (exact) mass is 209 g/mol. The fraction of sp³-hybridized carbons (Fsp3) is 0.364. The number of halogens is 1. The Morgan fingerprint density at radius 2 is 2.20 bits per heavy atom. The highest BCUT2D eigenvalue weighted by atomic mass is 19.1. The molecule has 1 aliphatic heterocycles. The summed E-state index contributed by atoms with van der Waals surface area (Å²) < 4.78 is 13.5. The van der Waals surface area contributed by atoms with E-state index in [-0.39, 0.29) is 11.7 Å². The van der Waals surface area contributed by atoms with Crippen molar-refractivity contribution in [3.8, 4) is 0 Å². The summed E-state index contributed by atoms with van der Waals surface area (Å²) in [6.07, 6.45) is 0.665. The molecular weight excluding hydrogens is 197 g/mol. The fourth-order valence-electron chi connectivity index (χ4n) is 2.07. The van der Waals surface area contributed by atoms with Crippen LogP contribution in [0.4, 0.5) is 4.39 Å². The van der Waals surface area contributed by atoms with E-state index < -0.39 is 12.0 Å². The lowest BCUT2D eigenvalue weighted by Gasteiger charge is -2.16. The quantitative estimate of drug-likeness (QED) is 0.773. The van der Waals surface area contributed by atoms with Crippen LogP contribution in [0.3, 0.4) is 0 Å². The van der Waals surface area contributed by atoms with Crippen LogP contribution in [0.2, 0.25) is 0 Å². The summed E-state index contributed by atoms with van der Waals surface area (Å²) >= 11 is 0. The molecule has 0 aliphatic carbocycles. The summed E-state index contributed by atoms with van der Waals surface area (Å²) in [7, 11) is 0. The van der Waals surface area contributed by atoms with Crippen LogP contribution < -0.4 is 5.32 Å². The topological polar surface area (TPSA) is 49.3 Å². The lowest BCUT2D eigenvalue weighted by atomic mass is 9.91. The van der Waals surface area contributed by atoms with Gasteiger partial charge < -0.3 is 10.4 Å². The van der Waals surface area contributed by atoms with Gasteiger partial charge in [-0.05, 0) is 24.6 Å². The average Bonchev–Trinajstić information content (AvgIpc) is 2.67. The second kappa shape index (κ2) is 3.98. The molecule has 3 nitrogen and oxygen atoms in total. The first-order valence-corrected chi connectivity index (χ1v) is 4.91.